The highest BCUT2D eigenvalue weighted by Gasteiger charge is 2.14. The minimum atomic E-state index is -3.22. The van der Waals surface area contributed by atoms with Crippen molar-refractivity contribution in [2.45, 2.75) is 11.8 Å². The molecule has 0 heterocycles. The standard InChI is InChI=1S/C18H23NO3S/c1-16-7-6-8-17(15-16)22-13-11-19(2)12-14-23(20,21)18-9-4-3-5-10-18/h3-10,15H,11-14H2,1-2H3. The van der Waals surface area contributed by atoms with Crippen LogP contribution in [0.4, 0.5) is 0 Å². The molecule has 0 aliphatic carbocycles. The van der Waals surface area contributed by atoms with Crippen LogP contribution in [-0.2, 0) is 9.84 Å². The van der Waals surface area contributed by atoms with Gasteiger partial charge in [-0.3, -0.25) is 0 Å². The molecular formula is C18H23NO3S. The molecule has 124 valence electrons. The Morgan fingerprint density at radius 2 is 1.74 bits per heavy atom. The number of rotatable bonds is 8. The van der Waals surface area contributed by atoms with Crippen LogP contribution in [0, 0.1) is 6.92 Å². The summed E-state index contributed by atoms with van der Waals surface area (Å²) < 4.78 is 30.1. The number of aryl methyl sites for hydroxylation is 1. The number of nitrogens with zero attached hydrogens (tertiary/aromatic N) is 1. The Labute approximate surface area is 138 Å². The Morgan fingerprint density at radius 1 is 1.00 bits per heavy atom. The second kappa shape index (κ2) is 8.13. The van der Waals surface area contributed by atoms with Gasteiger partial charge in [-0.05, 0) is 43.8 Å². The van der Waals surface area contributed by atoms with Crippen LogP contribution in [0.2, 0.25) is 0 Å². The van der Waals surface area contributed by atoms with Crippen molar-refractivity contribution in [1.82, 2.24) is 4.90 Å². The minimum absolute atomic E-state index is 0.109. The van der Waals surface area contributed by atoms with Crippen LogP contribution in [0.5, 0.6) is 5.75 Å². The van der Waals surface area contributed by atoms with Crippen LogP contribution in [0.3, 0.4) is 0 Å². The van der Waals surface area contributed by atoms with Gasteiger partial charge in [0.15, 0.2) is 9.84 Å². The normalized spacial score (nSPS) is 11.6. The Balaban J connectivity index is 1.76. The molecule has 0 atom stereocenters. The monoisotopic (exact) mass is 333 g/mol. The molecular weight excluding hydrogens is 310 g/mol. The third-order valence-corrected chi connectivity index (χ3v) is 5.29. The van der Waals surface area contributed by atoms with E-state index in [1.54, 1.807) is 24.3 Å². The van der Waals surface area contributed by atoms with Gasteiger partial charge in [-0.1, -0.05) is 30.3 Å². The van der Waals surface area contributed by atoms with Crippen molar-refractivity contribution < 1.29 is 13.2 Å². The number of ether oxygens (including phenoxy) is 1. The lowest BCUT2D eigenvalue weighted by Crippen LogP contribution is -2.29. The summed E-state index contributed by atoms with van der Waals surface area (Å²) >= 11 is 0. The van der Waals surface area contributed by atoms with Crippen molar-refractivity contribution in [3.8, 4) is 5.75 Å². The summed E-state index contributed by atoms with van der Waals surface area (Å²) in [6.07, 6.45) is 0. The summed E-state index contributed by atoms with van der Waals surface area (Å²) in [7, 11) is -1.32. The zero-order valence-electron chi connectivity index (χ0n) is 13.6. The van der Waals surface area contributed by atoms with E-state index in [4.69, 9.17) is 4.74 Å². The highest BCUT2D eigenvalue weighted by Crippen LogP contribution is 2.12. The predicted octanol–water partition coefficient (Wildman–Crippen LogP) is 2.78. The number of benzene rings is 2. The average molecular weight is 333 g/mol. The summed E-state index contributed by atoms with van der Waals surface area (Å²) in [4.78, 5) is 2.35. The average Bonchev–Trinajstić information content (AvgIpc) is 2.54. The molecule has 0 amide bonds. The molecule has 0 bridgehead atoms. The third kappa shape index (κ3) is 5.69. The van der Waals surface area contributed by atoms with E-state index in [1.165, 1.54) is 0 Å². The van der Waals surface area contributed by atoms with Crippen LogP contribution in [0.1, 0.15) is 5.56 Å². The van der Waals surface area contributed by atoms with Crippen molar-refractivity contribution >= 4 is 9.84 Å². The van der Waals surface area contributed by atoms with Crippen molar-refractivity contribution in [3.63, 3.8) is 0 Å². The van der Waals surface area contributed by atoms with Gasteiger partial charge in [0.2, 0.25) is 0 Å². The first kappa shape index (κ1) is 17.5. The van der Waals surface area contributed by atoms with E-state index >= 15 is 0 Å². The molecule has 0 aliphatic heterocycles. The van der Waals surface area contributed by atoms with Gasteiger partial charge < -0.3 is 9.64 Å². The van der Waals surface area contributed by atoms with E-state index in [2.05, 4.69) is 0 Å². The summed E-state index contributed by atoms with van der Waals surface area (Å²) in [5.74, 6) is 0.952. The molecule has 0 aromatic heterocycles. The van der Waals surface area contributed by atoms with Crippen LogP contribution in [0.25, 0.3) is 0 Å². The van der Waals surface area contributed by atoms with Crippen LogP contribution >= 0.6 is 0 Å². The first-order valence-corrected chi connectivity index (χ1v) is 9.28. The van der Waals surface area contributed by atoms with Crippen LogP contribution in [0.15, 0.2) is 59.5 Å². The van der Waals surface area contributed by atoms with Crippen molar-refractivity contribution in [2.75, 3.05) is 32.5 Å². The summed E-state index contributed by atoms with van der Waals surface area (Å²) in [5, 5.41) is 0. The van der Waals surface area contributed by atoms with E-state index < -0.39 is 9.84 Å². The van der Waals surface area contributed by atoms with Gasteiger partial charge >= 0.3 is 0 Å². The topological polar surface area (TPSA) is 46.6 Å². The SMILES string of the molecule is Cc1cccc(OCCN(C)CCS(=O)(=O)c2ccccc2)c1. The van der Waals surface area contributed by atoms with E-state index in [1.807, 2.05) is 49.2 Å². The van der Waals surface area contributed by atoms with Gasteiger partial charge in [0.05, 0.1) is 10.6 Å². The first-order chi connectivity index (χ1) is 11.0. The Morgan fingerprint density at radius 3 is 2.43 bits per heavy atom. The van der Waals surface area contributed by atoms with E-state index in [0.717, 1.165) is 11.3 Å². The molecule has 0 N–H and O–H groups in total. The van der Waals surface area contributed by atoms with Gasteiger partial charge in [0.25, 0.3) is 0 Å². The molecule has 0 unspecified atom stereocenters. The molecule has 0 saturated carbocycles. The Kier molecular flexibility index (Phi) is 6.19. The fraction of sp³-hybridized carbons (Fsp3) is 0.333. The highest BCUT2D eigenvalue weighted by molar-refractivity contribution is 7.91. The summed E-state index contributed by atoms with van der Waals surface area (Å²) in [6, 6.07) is 16.5. The number of sulfone groups is 1. The molecule has 0 radical (unpaired) electrons. The van der Waals surface area contributed by atoms with Gasteiger partial charge in [-0.25, -0.2) is 8.42 Å². The quantitative estimate of drug-likeness (QED) is 0.745. The maximum atomic E-state index is 12.2. The Hall–Kier alpha value is -1.85. The van der Waals surface area contributed by atoms with E-state index in [9.17, 15) is 8.42 Å². The fourth-order valence-corrected chi connectivity index (χ4v) is 3.52. The van der Waals surface area contributed by atoms with Crippen molar-refractivity contribution in [1.29, 1.82) is 0 Å². The van der Waals surface area contributed by atoms with Crippen LogP contribution < -0.4 is 4.74 Å². The van der Waals surface area contributed by atoms with Gasteiger partial charge in [-0.15, -0.1) is 0 Å². The summed E-state index contributed by atoms with van der Waals surface area (Å²) in [6.45, 7) is 3.71. The third-order valence-electron chi connectivity index (χ3n) is 3.58. The molecule has 5 heteroatoms. The largest absolute Gasteiger partial charge is 0.492 e. The maximum Gasteiger partial charge on any atom is 0.179 e. The molecule has 4 nitrogen and oxygen atoms in total. The number of hydrogen-bond acceptors (Lipinski definition) is 4. The van der Waals surface area contributed by atoms with Gasteiger partial charge in [0, 0.05) is 13.1 Å². The highest BCUT2D eigenvalue weighted by atomic mass is 32.2. The van der Waals surface area contributed by atoms with Gasteiger partial charge in [-0.2, -0.15) is 0 Å². The second-order valence-corrected chi connectivity index (χ2v) is 7.71. The minimum Gasteiger partial charge on any atom is -0.492 e. The van der Waals surface area contributed by atoms with Crippen molar-refractivity contribution in [3.05, 3.63) is 60.2 Å². The maximum absolute atomic E-state index is 12.2. The van der Waals surface area contributed by atoms with E-state index in [-0.39, 0.29) is 5.75 Å². The lowest BCUT2D eigenvalue weighted by atomic mass is 10.2. The smallest absolute Gasteiger partial charge is 0.179 e. The molecule has 0 saturated heterocycles. The zero-order chi connectivity index (χ0) is 16.7. The molecule has 0 aliphatic rings. The number of hydrogen-bond donors (Lipinski definition) is 0. The van der Waals surface area contributed by atoms with Gasteiger partial charge in [0.1, 0.15) is 12.4 Å². The zero-order valence-corrected chi connectivity index (χ0v) is 14.4. The summed E-state index contributed by atoms with van der Waals surface area (Å²) in [5.41, 5.74) is 1.16. The fourth-order valence-electron chi connectivity index (χ4n) is 2.16. The van der Waals surface area contributed by atoms with E-state index in [0.29, 0.717) is 24.6 Å². The molecule has 2 aromatic rings. The van der Waals surface area contributed by atoms with Crippen LogP contribution in [-0.4, -0.2) is 45.8 Å². The number of likely N-dealkylation sites (N-methyl/N-ethyl adjacent to an activating group) is 1. The molecule has 2 aromatic carbocycles. The Bertz CT molecular complexity index is 714. The first-order valence-electron chi connectivity index (χ1n) is 7.63. The van der Waals surface area contributed by atoms with Crippen molar-refractivity contribution in [2.24, 2.45) is 0 Å². The predicted molar refractivity (Wildman–Crippen MR) is 92.7 cm³/mol. The molecule has 0 spiro atoms. The lowest BCUT2D eigenvalue weighted by molar-refractivity contribution is 0.244. The second-order valence-electron chi connectivity index (χ2n) is 5.60. The molecule has 23 heavy (non-hydrogen) atoms. The molecule has 2 rings (SSSR count). The molecule has 0 fully saturated rings. The lowest BCUT2D eigenvalue weighted by Gasteiger charge is -2.17.